The molecule has 10 heteroatoms. The fraction of sp³-hybridized carbons (Fsp3) is 0.440. The fourth-order valence-electron chi connectivity index (χ4n) is 4.45. The SMILES string of the molecule is COc1ccc(C(C)=NOCc2nc3c4c(C)c(C)n(CCN5CCOCC5)c4ncn3n2)cc1. The number of rotatable bonds is 8. The van der Waals surface area contributed by atoms with Gasteiger partial charge in [0.2, 0.25) is 0 Å². The van der Waals surface area contributed by atoms with Crippen molar-refractivity contribution < 1.29 is 14.3 Å². The van der Waals surface area contributed by atoms with E-state index in [2.05, 4.69) is 33.6 Å². The van der Waals surface area contributed by atoms with Gasteiger partial charge < -0.3 is 18.9 Å². The number of fused-ring (bicyclic) bond motifs is 3. The summed E-state index contributed by atoms with van der Waals surface area (Å²) >= 11 is 0. The predicted molar refractivity (Wildman–Crippen MR) is 133 cm³/mol. The van der Waals surface area contributed by atoms with Gasteiger partial charge in [-0.2, -0.15) is 0 Å². The van der Waals surface area contributed by atoms with Gasteiger partial charge in [0.15, 0.2) is 18.1 Å². The van der Waals surface area contributed by atoms with Crippen LogP contribution in [0, 0.1) is 13.8 Å². The molecule has 0 aliphatic carbocycles. The lowest BCUT2D eigenvalue weighted by Crippen LogP contribution is -2.38. The maximum atomic E-state index is 5.58. The third-order valence-corrected chi connectivity index (χ3v) is 6.64. The molecule has 0 amide bonds. The molecule has 4 aromatic rings. The first-order chi connectivity index (χ1) is 17.0. The van der Waals surface area contributed by atoms with Crippen molar-refractivity contribution in [2.24, 2.45) is 5.16 Å². The third-order valence-electron chi connectivity index (χ3n) is 6.64. The summed E-state index contributed by atoms with van der Waals surface area (Å²) in [5.74, 6) is 1.36. The summed E-state index contributed by atoms with van der Waals surface area (Å²) < 4.78 is 14.7. The molecule has 1 aromatic carbocycles. The van der Waals surface area contributed by atoms with Crippen LogP contribution in [0.3, 0.4) is 0 Å². The topological polar surface area (TPSA) is 91.3 Å². The summed E-state index contributed by atoms with van der Waals surface area (Å²) in [6, 6.07) is 7.68. The molecule has 1 aliphatic rings. The molecule has 0 bridgehead atoms. The van der Waals surface area contributed by atoms with E-state index < -0.39 is 0 Å². The molecule has 10 nitrogen and oxygen atoms in total. The minimum atomic E-state index is 0.173. The smallest absolute Gasteiger partial charge is 0.192 e. The number of morpholine rings is 1. The Kier molecular flexibility index (Phi) is 6.65. The van der Waals surface area contributed by atoms with Crippen LogP contribution in [0.1, 0.15) is 29.6 Å². The van der Waals surface area contributed by atoms with Crippen molar-refractivity contribution in [3.8, 4) is 5.75 Å². The molecule has 0 unspecified atom stereocenters. The van der Waals surface area contributed by atoms with Crippen LogP contribution in [-0.2, 0) is 22.7 Å². The van der Waals surface area contributed by atoms with Gasteiger partial charge >= 0.3 is 0 Å². The van der Waals surface area contributed by atoms with E-state index >= 15 is 0 Å². The molecule has 0 N–H and O–H groups in total. The molecule has 0 radical (unpaired) electrons. The second-order valence-corrected chi connectivity index (χ2v) is 8.73. The van der Waals surface area contributed by atoms with Crippen molar-refractivity contribution in [1.29, 1.82) is 0 Å². The van der Waals surface area contributed by atoms with Gasteiger partial charge in [-0.05, 0) is 56.2 Å². The van der Waals surface area contributed by atoms with Crippen molar-refractivity contribution in [3.05, 3.63) is 53.2 Å². The van der Waals surface area contributed by atoms with Gasteiger partial charge in [-0.15, -0.1) is 5.10 Å². The van der Waals surface area contributed by atoms with E-state index in [1.54, 1.807) is 18.0 Å². The second-order valence-electron chi connectivity index (χ2n) is 8.73. The quantitative estimate of drug-likeness (QED) is 0.285. The van der Waals surface area contributed by atoms with Gasteiger partial charge in [0.1, 0.15) is 17.7 Å². The lowest BCUT2D eigenvalue weighted by atomic mass is 10.1. The van der Waals surface area contributed by atoms with Gasteiger partial charge in [-0.3, -0.25) is 4.90 Å². The van der Waals surface area contributed by atoms with E-state index in [0.717, 1.165) is 73.1 Å². The van der Waals surface area contributed by atoms with Gasteiger partial charge in [0.05, 0.1) is 31.4 Å². The van der Waals surface area contributed by atoms with Crippen molar-refractivity contribution in [2.75, 3.05) is 40.0 Å². The maximum Gasteiger partial charge on any atom is 0.192 e. The zero-order valence-electron chi connectivity index (χ0n) is 20.7. The monoisotopic (exact) mass is 477 g/mol. The van der Waals surface area contributed by atoms with E-state index in [9.17, 15) is 0 Å². The first-order valence-electron chi connectivity index (χ1n) is 11.9. The van der Waals surface area contributed by atoms with E-state index in [4.69, 9.17) is 24.3 Å². The minimum Gasteiger partial charge on any atom is -0.497 e. The Morgan fingerprint density at radius 2 is 1.86 bits per heavy atom. The Hall–Kier alpha value is -3.50. The van der Waals surface area contributed by atoms with E-state index in [1.807, 2.05) is 31.2 Å². The largest absolute Gasteiger partial charge is 0.497 e. The average molecular weight is 478 g/mol. The number of oxime groups is 1. The normalized spacial score (nSPS) is 15.3. The van der Waals surface area contributed by atoms with E-state index in [-0.39, 0.29) is 6.61 Å². The number of benzene rings is 1. The maximum absolute atomic E-state index is 5.58. The number of methoxy groups -OCH3 is 1. The number of nitrogens with zero attached hydrogens (tertiary/aromatic N) is 7. The zero-order chi connectivity index (χ0) is 24.4. The summed E-state index contributed by atoms with van der Waals surface area (Å²) in [7, 11) is 1.65. The van der Waals surface area contributed by atoms with Crippen LogP contribution in [0.25, 0.3) is 16.7 Å². The molecule has 0 spiro atoms. The molecule has 3 aromatic heterocycles. The van der Waals surface area contributed by atoms with Gasteiger partial charge in [0.25, 0.3) is 0 Å². The molecule has 1 aliphatic heterocycles. The van der Waals surface area contributed by atoms with E-state index in [0.29, 0.717) is 5.82 Å². The first kappa shape index (κ1) is 23.3. The first-order valence-corrected chi connectivity index (χ1v) is 11.9. The molecular formula is C25H31N7O3. The van der Waals surface area contributed by atoms with Crippen LogP contribution in [0.4, 0.5) is 0 Å². The summed E-state index contributed by atoms with van der Waals surface area (Å²) in [4.78, 5) is 17.5. The molecule has 0 saturated carbocycles. The van der Waals surface area contributed by atoms with Crippen LogP contribution in [-0.4, -0.2) is 74.7 Å². The molecule has 0 atom stereocenters. The van der Waals surface area contributed by atoms with Crippen LogP contribution in [0.15, 0.2) is 35.7 Å². The van der Waals surface area contributed by atoms with Gasteiger partial charge in [0, 0.05) is 31.9 Å². The Bertz CT molecular complexity index is 1350. The minimum absolute atomic E-state index is 0.173. The second kappa shape index (κ2) is 10.0. The summed E-state index contributed by atoms with van der Waals surface area (Å²) in [6.07, 6.45) is 1.73. The standard InChI is InChI=1S/C25H31N7O3/c1-17-19(3)31(10-9-30-11-13-34-14-12-30)24-23(17)25-27-22(28-32(25)16-26-24)15-35-29-18(2)20-5-7-21(33-4)8-6-20/h5-8,16H,9-15H2,1-4H3. The molecule has 5 rings (SSSR count). The van der Waals surface area contributed by atoms with Crippen molar-refractivity contribution >= 4 is 22.4 Å². The predicted octanol–water partition coefficient (Wildman–Crippen LogP) is 2.98. The Balaban J connectivity index is 1.34. The lowest BCUT2D eigenvalue weighted by molar-refractivity contribution is 0.0364. The average Bonchev–Trinajstić information content (AvgIpc) is 3.41. The Morgan fingerprint density at radius 1 is 1.09 bits per heavy atom. The molecule has 35 heavy (non-hydrogen) atoms. The number of aromatic nitrogens is 5. The summed E-state index contributed by atoms with van der Waals surface area (Å²) in [5.41, 5.74) is 5.83. The molecule has 184 valence electrons. The zero-order valence-corrected chi connectivity index (χ0v) is 20.7. The summed E-state index contributed by atoms with van der Waals surface area (Å²) in [6.45, 7) is 11.7. The molecule has 1 saturated heterocycles. The lowest BCUT2D eigenvalue weighted by Gasteiger charge is -2.26. The van der Waals surface area contributed by atoms with Crippen LogP contribution >= 0.6 is 0 Å². The van der Waals surface area contributed by atoms with Crippen LogP contribution in [0.2, 0.25) is 0 Å². The highest BCUT2D eigenvalue weighted by Gasteiger charge is 2.19. The number of ether oxygens (including phenoxy) is 2. The Labute approximate surface area is 204 Å². The van der Waals surface area contributed by atoms with Crippen molar-refractivity contribution in [2.45, 2.75) is 33.9 Å². The molecule has 4 heterocycles. The number of aryl methyl sites for hydroxylation is 1. The molecule has 1 fully saturated rings. The highest BCUT2D eigenvalue weighted by atomic mass is 16.6. The van der Waals surface area contributed by atoms with Gasteiger partial charge in [-0.1, -0.05) is 5.16 Å². The van der Waals surface area contributed by atoms with Crippen molar-refractivity contribution in [3.63, 3.8) is 0 Å². The van der Waals surface area contributed by atoms with Crippen LogP contribution < -0.4 is 4.74 Å². The third kappa shape index (κ3) is 4.71. The van der Waals surface area contributed by atoms with Crippen molar-refractivity contribution in [1.82, 2.24) is 29.0 Å². The number of hydrogen-bond donors (Lipinski definition) is 0. The van der Waals surface area contributed by atoms with E-state index in [1.165, 1.54) is 11.3 Å². The fourth-order valence-corrected chi connectivity index (χ4v) is 4.45. The highest BCUT2D eigenvalue weighted by molar-refractivity contribution is 5.98. The molecular weight excluding hydrogens is 446 g/mol. The highest BCUT2D eigenvalue weighted by Crippen LogP contribution is 2.27. The number of hydrogen-bond acceptors (Lipinski definition) is 8. The Morgan fingerprint density at radius 3 is 2.60 bits per heavy atom. The van der Waals surface area contributed by atoms with Crippen LogP contribution in [0.5, 0.6) is 5.75 Å². The summed E-state index contributed by atoms with van der Waals surface area (Å²) in [5, 5.41) is 9.82. The van der Waals surface area contributed by atoms with Gasteiger partial charge in [-0.25, -0.2) is 14.5 Å².